The fourth-order valence-electron chi connectivity index (χ4n) is 1.81. The molecular formula is C18H20IO3+. The molecule has 2 rings (SSSR count). The molecule has 0 aliphatic rings. The first kappa shape index (κ1) is 16.8. The summed E-state index contributed by atoms with van der Waals surface area (Å²) in [5.74, 6) is 0.619. The lowest BCUT2D eigenvalue weighted by atomic mass is 10.2. The average Bonchev–Trinajstić information content (AvgIpc) is 2.56. The molecule has 0 aromatic heterocycles. The van der Waals surface area contributed by atoms with Crippen LogP contribution < -0.4 is 25.9 Å². The molecule has 0 bridgehead atoms. The van der Waals surface area contributed by atoms with Gasteiger partial charge < -0.3 is 9.47 Å². The van der Waals surface area contributed by atoms with Gasteiger partial charge in [0.1, 0.15) is 5.75 Å². The number of esters is 1. The Hall–Kier alpha value is -1.56. The summed E-state index contributed by atoms with van der Waals surface area (Å²) in [6.07, 6.45) is 1.23. The van der Waals surface area contributed by atoms with Crippen molar-refractivity contribution in [2.75, 3.05) is 7.11 Å². The van der Waals surface area contributed by atoms with Gasteiger partial charge in [0.25, 0.3) is 0 Å². The smallest absolute Gasteiger partial charge is 0.357 e. The number of carbonyl (C=O) groups excluding carboxylic acids is 1. The molecular weight excluding hydrogens is 391 g/mol. The summed E-state index contributed by atoms with van der Waals surface area (Å²) in [7, 11) is 1.40. The Labute approximate surface area is 141 Å². The van der Waals surface area contributed by atoms with Crippen LogP contribution >= 0.6 is 0 Å². The quantitative estimate of drug-likeness (QED) is 0.521. The average molecular weight is 411 g/mol. The Bertz CT molecular complexity index is 622. The number of ether oxygens (including phenoxy) is 2. The van der Waals surface area contributed by atoms with Crippen LogP contribution in [0.1, 0.15) is 30.6 Å². The van der Waals surface area contributed by atoms with E-state index in [-0.39, 0.29) is 33.3 Å². The first-order chi connectivity index (χ1) is 10.6. The highest BCUT2D eigenvalue weighted by atomic mass is 127. The van der Waals surface area contributed by atoms with Gasteiger partial charge in [-0.2, -0.15) is 0 Å². The van der Waals surface area contributed by atoms with Gasteiger partial charge in [0.15, 0.2) is 7.14 Å². The SMILES string of the molecule is CCC(C)Oc1ccc([I+]c2cccc(C(=O)OC)c2)cc1. The van der Waals surface area contributed by atoms with Crippen LogP contribution in [0, 0.1) is 7.14 Å². The summed E-state index contributed by atoms with van der Waals surface area (Å²) in [6, 6.07) is 15.9. The van der Waals surface area contributed by atoms with E-state index in [2.05, 4.69) is 32.0 Å². The third kappa shape index (κ3) is 4.73. The van der Waals surface area contributed by atoms with E-state index in [1.807, 2.05) is 24.3 Å². The lowest BCUT2D eigenvalue weighted by Gasteiger charge is -2.11. The standard InChI is InChI=1S/C18H20IO3/c1-4-13(2)22-17-10-8-15(9-11-17)19-16-7-5-6-14(12-16)18(20)21-3/h5-13H,4H2,1-3H3/q+1. The Morgan fingerprint density at radius 3 is 2.50 bits per heavy atom. The molecule has 22 heavy (non-hydrogen) atoms. The van der Waals surface area contributed by atoms with Crippen LogP contribution in [0.3, 0.4) is 0 Å². The Kier molecular flexibility index (Phi) is 6.24. The summed E-state index contributed by atoms with van der Waals surface area (Å²) in [5.41, 5.74) is 0.608. The molecule has 0 heterocycles. The number of hydrogen-bond donors (Lipinski definition) is 0. The van der Waals surface area contributed by atoms with Crippen molar-refractivity contribution in [1.82, 2.24) is 0 Å². The molecule has 0 aliphatic carbocycles. The maximum Gasteiger partial charge on any atom is 0.357 e. The minimum Gasteiger partial charge on any atom is -0.491 e. The number of hydrogen-bond acceptors (Lipinski definition) is 3. The van der Waals surface area contributed by atoms with Crippen molar-refractivity contribution in [2.45, 2.75) is 26.4 Å². The van der Waals surface area contributed by atoms with Crippen LogP contribution in [0.4, 0.5) is 0 Å². The van der Waals surface area contributed by atoms with E-state index in [1.165, 1.54) is 14.3 Å². The molecule has 2 aromatic rings. The molecule has 0 amide bonds. The largest absolute Gasteiger partial charge is 0.491 e. The second-order valence-corrected chi connectivity index (χ2v) is 7.92. The van der Waals surface area contributed by atoms with Gasteiger partial charge in [0.05, 0.1) is 18.8 Å². The van der Waals surface area contributed by atoms with E-state index >= 15 is 0 Å². The third-order valence-electron chi connectivity index (χ3n) is 3.19. The van der Waals surface area contributed by atoms with Gasteiger partial charge >= 0.3 is 27.2 Å². The molecule has 116 valence electrons. The van der Waals surface area contributed by atoms with Gasteiger partial charge in [0, 0.05) is 6.07 Å². The van der Waals surface area contributed by atoms with Crippen molar-refractivity contribution >= 4 is 5.97 Å². The second kappa shape index (κ2) is 8.17. The molecule has 0 saturated carbocycles. The van der Waals surface area contributed by atoms with Gasteiger partial charge in [-0.1, -0.05) is 13.0 Å². The van der Waals surface area contributed by atoms with E-state index in [4.69, 9.17) is 9.47 Å². The zero-order valence-corrected chi connectivity index (χ0v) is 15.2. The molecule has 1 unspecified atom stereocenters. The van der Waals surface area contributed by atoms with E-state index in [0.29, 0.717) is 5.56 Å². The van der Waals surface area contributed by atoms with E-state index in [1.54, 1.807) is 6.07 Å². The molecule has 0 fully saturated rings. The highest BCUT2D eigenvalue weighted by Crippen LogP contribution is 2.11. The number of methoxy groups -OCH3 is 1. The monoisotopic (exact) mass is 411 g/mol. The van der Waals surface area contributed by atoms with Crippen LogP contribution in [-0.2, 0) is 4.74 Å². The van der Waals surface area contributed by atoms with Gasteiger partial charge in [0.2, 0.25) is 0 Å². The lowest BCUT2D eigenvalue weighted by Crippen LogP contribution is -3.61. The maximum absolute atomic E-state index is 11.6. The molecule has 3 nitrogen and oxygen atoms in total. The summed E-state index contributed by atoms with van der Waals surface area (Å²) in [5, 5.41) is 0. The third-order valence-corrected chi connectivity index (χ3v) is 5.83. The van der Waals surface area contributed by atoms with Crippen molar-refractivity contribution in [3.8, 4) is 5.75 Å². The predicted octanol–water partition coefficient (Wildman–Crippen LogP) is 0.779. The first-order valence-electron chi connectivity index (χ1n) is 7.22. The van der Waals surface area contributed by atoms with Gasteiger partial charge in [-0.15, -0.1) is 0 Å². The van der Waals surface area contributed by atoms with Crippen molar-refractivity contribution in [3.05, 3.63) is 61.2 Å². The van der Waals surface area contributed by atoms with Gasteiger partial charge in [-0.25, -0.2) is 4.79 Å². The van der Waals surface area contributed by atoms with Crippen molar-refractivity contribution in [1.29, 1.82) is 0 Å². The molecule has 2 aromatic carbocycles. The number of rotatable bonds is 6. The summed E-state index contributed by atoms with van der Waals surface area (Å²) in [6.45, 7) is 4.18. The molecule has 0 spiro atoms. The number of carbonyl (C=O) groups is 1. The normalized spacial score (nSPS) is 11.8. The van der Waals surface area contributed by atoms with Crippen molar-refractivity contribution < 1.29 is 35.5 Å². The molecule has 0 aliphatic heterocycles. The van der Waals surface area contributed by atoms with Crippen molar-refractivity contribution in [3.63, 3.8) is 0 Å². The number of halogens is 1. The predicted molar refractivity (Wildman–Crippen MR) is 82.0 cm³/mol. The zero-order valence-electron chi connectivity index (χ0n) is 13.0. The second-order valence-electron chi connectivity index (χ2n) is 4.89. The molecule has 4 heteroatoms. The minimum atomic E-state index is -0.320. The van der Waals surface area contributed by atoms with Crippen LogP contribution in [0.2, 0.25) is 0 Å². The van der Waals surface area contributed by atoms with Crippen molar-refractivity contribution in [2.24, 2.45) is 0 Å². The van der Waals surface area contributed by atoms with E-state index in [9.17, 15) is 4.79 Å². The highest BCUT2D eigenvalue weighted by Gasteiger charge is 2.18. The first-order valence-corrected chi connectivity index (χ1v) is 9.38. The van der Waals surface area contributed by atoms with Crippen LogP contribution in [0.5, 0.6) is 5.75 Å². The van der Waals surface area contributed by atoms with Gasteiger partial charge in [-0.3, -0.25) is 0 Å². The van der Waals surface area contributed by atoms with Crippen LogP contribution in [0.15, 0.2) is 48.5 Å². The summed E-state index contributed by atoms with van der Waals surface area (Å²) >= 11 is -0.320. The topological polar surface area (TPSA) is 35.5 Å². The van der Waals surface area contributed by atoms with Gasteiger partial charge in [-0.05, 0) is 49.7 Å². The van der Waals surface area contributed by atoms with Crippen LogP contribution in [-0.4, -0.2) is 19.2 Å². The minimum absolute atomic E-state index is 0.234. The van der Waals surface area contributed by atoms with E-state index in [0.717, 1.165) is 12.2 Å². The molecule has 0 saturated heterocycles. The maximum atomic E-state index is 11.6. The molecule has 0 N–H and O–H groups in total. The fraction of sp³-hybridized carbons (Fsp3) is 0.278. The Morgan fingerprint density at radius 1 is 1.14 bits per heavy atom. The molecule has 1 atom stereocenters. The summed E-state index contributed by atoms with van der Waals surface area (Å²) < 4.78 is 13.0. The lowest BCUT2D eigenvalue weighted by molar-refractivity contribution is -0.597. The highest BCUT2D eigenvalue weighted by molar-refractivity contribution is 5.89. The number of benzene rings is 2. The van der Waals surface area contributed by atoms with E-state index < -0.39 is 0 Å². The molecule has 0 radical (unpaired) electrons. The fourth-order valence-corrected chi connectivity index (χ4v) is 4.13. The Morgan fingerprint density at radius 2 is 1.86 bits per heavy atom. The summed E-state index contributed by atoms with van der Waals surface area (Å²) in [4.78, 5) is 11.6. The van der Waals surface area contributed by atoms with Crippen LogP contribution in [0.25, 0.3) is 0 Å². The zero-order chi connectivity index (χ0) is 15.9. The Balaban J connectivity index is 2.06.